The van der Waals surface area contributed by atoms with Crippen LogP contribution in [0.2, 0.25) is 0 Å². The number of oxazole rings is 1. The fourth-order valence-corrected chi connectivity index (χ4v) is 2.84. The van der Waals surface area contributed by atoms with Crippen molar-refractivity contribution >= 4 is 0 Å². The predicted molar refractivity (Wildman–Crippen MR) is 76.2 cm³/mol. The van der Waals surface area contributed by atoms with Crippen molar-refractivity contribution in [2.75, 3.05) is 6.54 Å². The van der Waals surface area contributed by atoms with Gasteiger partial charge in [0.2, 0.25) is 5.89 Å². The van der Waals surface area contributed by atoms with E-state index in [-0.39, 0.29) is 0 Å². The summed E-state index contributed by atoms with van der Waals surface area (Å²) in [4.78, 5) is 6.84. The molecule has 2 aromatic heterocycles. The van der Waals surface area contributed by atoms with Gasteiger partial charge in [-0.05, 0) is 19.4 Å². The normalized spacial score (nSPS) is 20.1. The zero-order chi connectivity index (χ0) is 14.1. The average Bonchev–Trinajstić information content (AvgIpc) is 3.09. The van der Waals surface area contributed by atoms with E-state index in [1.807, 2.05) is 24.1 Å². The van der Waals surface area contributed by atoms with Crippen LogP contribution in [0.3, 0.4) is 0 Å². The summed E-state index contributed by atoms with van der Waals surface area (Å²) in [5.74, 6) is 2.19. The highest BCUT2D eigenvalue weighted by Crippen LogP contribution is 2.32. The van der Waals surface area contributed by atoms with Gasteiger partial charge in [0.15, 0.2) is 0 Å². The Hall–Kier alpha value is -1.62. The highest BCUT2D eigenvalue weighted by molar-refractivity contribution is 5.12. The minimum absolute atomic E-state index is 0.393. The number of hydrogen-bond acceptors (Lipinski definition) is 4. The van der Waals surface area contributed by atoms with Crippen LogP contribution in [-0.4, -0.2) is 26.2 Å². The molecule has 1 atom stereocenters. The lowest BCUT2D eigenvalue weighted by atomic mass is 10.1. The van der Waals surface area contributed by atoms with Crippen molar-refractivity contribution in [3.63, 3.8) is 0 Å². The summed E-state index contributed by atoms with van der Waals surface area (Å²) in [6.07, 6.45) is 8.34. The molecule has 0 aliphatic carbocycles. The van der Waals surface area contributed by atoms with E-state index in [4.69, 9.17) is 4.42 Å². The van der Waals surface area contributed by atoms with Crippen LogP contribution < -0.4 is 0 Å². The molecule has 1 fully saturated rings. The minimum atomic E-state index is 0.393. The van der Waals surface area contributed by atoms with Crippen LogP contribution in [0.15, 0.2) is 23.0 Å². The lowest BCUT2D eigenvalue weighted by Crippen LogP contribution is -2.22. The third-order valence-electron chi connectivity index (χ3n) is 3.95. The molecule has 20 heavy (non-hydrogen) atoms. The number of rotatable bonds is 4. The minimum Gasteiger partial charge on any atom is -0.444 e. The smallest absolute Gasteiger partial charge is 0.208 e. The lowest BCUT2D eigenvalue weighted by molar-refractivity contribution is 0.220. The van der Waals surface area contributed by atoms with Gasteiger partial charge in [0.1, 0.15) is 5.76 Å². The molecule has 108 valence electrons. The molecule has 1 saturated heterocycles. The highest BCUT2D eigenvalue weighted by atomic mass is 16.4. The van der Waals surface area contributed by atoms with Gasteiger partial charge >= 0.3 is 0 Å². The van der Waals surface area contributed by atoms with Crippen molar-refractivity contribution in [2.45, 2.75) is 45.2 Å². The maximum atomic E-state index is 5.82. The third kappa shape index (κ3) is 2.63. The van der Waals surface area contributed by atoms with Crippen LogP contribution in [0.25, 0.3) is 0 Å². The summed E-state index contributed by atoms with van der Waals surface area (Å²) in [5.41, 5.74) is 1.29. The van der Waals surface area contributed by atoms with E-state index in [1.54, 1.807) is 0 Å². The Labute approximate surface area is 119 Å². The molecule has 5 heteroatoms. The Morgan fingerprint density at radius 3 is 2.90 bits per heavy atom. The Morgan fingerprint density at radius 2 is 2.25 bits per heavy atom. The largest absolute Gasteiger partial charge is 0.444 e. The van der Waals surface area contributed by atoms with Gasteiger partial charge in [-0.25, -0.2) is 4.98 Å². The molecule has 2 aromatic rings. The summed E-state index contributed by atoms with van der Waals surface area (Å²) in [6, 6.07) is 0.443. The van der Waals surface area contributed by atoms with Gasteiger partial charge in [-0.3, -0.25) is 9.58 Å². The first kappa shape index (κ1) is 13.4. The van der Waals surface area contributed by atoms with Gasteiger partial charge < -0.3 is 4.42 Å². The Morgan fingerprint density at radius 1 is 1.40 bits per heavy atom. The second kappa shape index (κ2) is 5.40. The number of hydrogen-bond donors (Lipinski definition) is 0. The van der Waals surface area contributed by atoms with E-state index >= 15 is 0 Å². The number of aryl methyl sites for hydroxylation is 1. The van der Waals surface area contributed by atoms with E-state index < -0.39 is 0 Å². The van der Waals surface area contributed by atoms with Crippen LogP contribution >= 0.6 is 0 Å². The second-order valence-corrected chi connectivity index (χ2v) is 5.89. The molecule has 1 aliphatic heterocycles. The van der Waals surface area contributed by atoms with Gasteiger partial charge in [0, 0.05) is 30.8 Å². The maximum absolute atomic E-state index is 5.82. The number of nitrogens with zero attached hydrogens (tertiary/aromatic N) is 4. The topological polar surface area (TPSA) is 47.1 Å². The Kier molecular flexibility index (Phi) is 3.61. The van der Waals surface area contributed by atoms with Crippen molar-refractivity contribution in [2.24, 2.45) is 7.05 Å². The SMILES string of the molecule is CC(C)c1cnc(CN2CCCC2c2cnn(C)c2)o1. The van der Waals surface area contributed by atoms with Crippen molar-refractivity contribution < 1.29 is 4.42 Å². The molecule has 3 rings (SSSR count). The van der Waals surface area contributed by atoms with E-state index in [1.165, 1.54) is 18.4 Å². The molecule has 0 saturated carbocycles. The quantitative estimate of drug-likeness (QED) is 0.860. The number of aromatic nitrogens is 3. The van der Waals surface area contributed by atoms with Crippen molar-refractivity contribution in [3.8, 4) is 0 Å². The second-order valence-electron chi connectivity index (χ2n) is 5.89. The molecule has 5 nitrogen and oxygen atoms in total. The fraction of sp³-hybridized carbons (Fsp3) is 0.600. The molecule has 1 unspecified atom stereocenters. The summed E-state index contributed by atoms with van der Waals surface area (Å²) >= 11 is 0. The first-order valence-electron chi connectivity index (χ1n) is 7.30. The monoisotopic (exact) mass is 274 g/mol. The molecule has 3 heterocycles. The van der Waals surface area contributed by atoms with Crippen LogP contribution in [0.1, 0.15) is 55.9 Å². The molecule has 0 N–H and O–H groups in total. The molecule has 0 aromatic carbocycles. The molecule has 0 bridgehead atoms. The molecule has 0 radical (unpaired) electrons. The standard InChI is InChI=1S/C15H22N4O/c1-11(2)14-8-16-15(20-14)10-19-6-4-5-13(19)12-7-17-18(3)9-12/h7-9,11,13H,4-6,10H2,1-3H3. The van der Waals surface area contributed by atoms with Crippen LogP contribution in [0.4, 0.5) is 0 Å². The van der Waals surface area contributed by atoms with Crippen LogP contribution in [0, 0.1) is 0 Å². The summed E-state index contributed by atoms with van der Waals surface area (Å²) in [5, 5.41) is 4.28. The molecule has 0 spiro atoms. The van der Waals surface area contributed by atoms with Gasteiger partial charge in [-0.1, -0.05) is 13.8 Å². The number of likely N-dealkylation sites (tertiary alicyclic amines) is 1. The fourth-order valence-electron chi connectivity index (χ4n) is 2.84. The Bertz CT molecular complexity index is 572. The molecular formula is C15H22N4O. The van der Waals surface area contributed by atoms with Crippen LogP contribution in [-0.2, 0) is 13.6 Å². The zero-order valence-corrected chi connectivity index (χ0v) is 12.4. The Balaban J connectivity index is 1.72. The van der Waals surface area contributed by atoms with Gasteiger partial charge in [-0.15, -0.1) is 0 Å². The van der Waals surface area contributed by atoms with Gasteiger partial charge in [0.05, 0.1) is 18.9 Å². The summed E-state index contributed by atoms with van der Waals surface area (Å²) in [6.45, 7) is 6.13. The first-order valence-corrected chi connectivity index (χ1v) is 7.30. The van der Waals surface area contributed by atoms with Crippen molar-refractivity contribution in [1.82, 2.24) is 19.7 Å². The molecule has 1 aliphatic rings. The van der Waals surface area contributed by atoms with Gasteiger partial charge in [-0.2, -0.15) is 5.10 Å². The third-order valence-corrected chi connectivity index (χ3v) is 3.95. The van der Waals surface area contributed by atoms with E-state index in [2.05, 4.69) is 35.0 Å². The van der Waals surface area contributed by atoms with Crippen molar-refractivity contribution in [3.05, 3.63) is 35.8 Å². The van der Waals surface area contributed by atoms with E-state index in [0.717, 1.165) is 24.7 Å². The maximum Gasteiger partial charge on any atom is 0.208 e. The summed E-state index contributed by atoms with van der Waals surface area (Å²) in [7, 11) is 1.96. The lowest BCUT2D eigenvalue weighted by Gasteiger charge is -2.21. The zero-order valence-electron chi connectivity index (χ0n) is 12.4. The van der Waals surface area contributed by atoms with Gasteiger partial charge in [0.25, 0.3) is 0 Å². The average molecular weight is 274 g/mol. The molecule has 0 amide bonds. The predicted octanol–water partition coefficient (Wildman–Crippen LogP) is 2.87. The van der Waals surface area contributed by atoms with Crippen molar-refractivity contribution in [1.29, 1.82) is 0 Å². The van der Waals surface area contributed by atoms with E-state index in [9.17, 15) is 0 Å². The highest BCUT2D eigenvalue weighted by Gasteiger charge is 2.28. The van der Waals surface area contributed by atoms with E-state index in [0.29, 0.717) is 12.0 Å². The molecular weight excluding hydrogens is 252 g/mol. The van der Waals surface area contributed by atoms with Crippen LogP contribution in [0.5, 0.6) is 0 Å². The summed E-state index contributed by atoms with van der Waals surface area (Å²) < 4.78 is 7.69. The first-order chi connectivity index (χ1) is 9.63.